The van der Waals surface area contributed by atoms with Crippen LogP contribution in [-0.2, 0) is 7.05 Å². The van der Waals surface area contributed by atoms with Crippen molar-refractivity contribution in [1.82, 2.24) is 9.78 Å². The summed E-state index contributed by atoms with van der Waals surface area (Å²) < 4.78 is 15.1. The van der Waals surface area contributed by atoms with E-state index in [4.69, 9.17) is 18.0 Å². The molecule has 0 bridgehead atoms. The van der Waals surface area contributed by atoms with Crippen LogP contribution in [0.15, 0.2) is 24.4 Å². The zero-order valence-electron chi connectivity index (χ0n) is 11.0. The molecule has 3 N–H and O–H groups in total. The molecule has 0 spiro atoms. The number of carbonyl (C=O) groups is 1. The molecule has 7 heteroatoms. The Hall–Kier alpha value is -2.28. The molecule has 1 aromatic carbocycles. The van der Waals surface area contributed by atoms with Gasteiger partial charge in [0.15, 0.2) is 0 Å². The normalized spacial score (nSPS) is 10.3. The number of benzene rings is 1. The first-order valence-corrected chi connectivity index (χ1v) is 6.20. The molecule has 0 atom stereocenters. The number of hydrogen-bond acceptors (Lipinski definition) is 3. The molecule has 20 heavy (non-hydrogen) atoms. The van der Waals surface area contributed by atoms with Gasteiger partial charge < -0.3 is 11.1 Å². The van der Waals surface area contributed by atoms with Gasteiger partial charge in [0.2, 0.25) is 0 Å². The molecule has 104 valence electrons. The van der Waals surface area contributed by atoms with Crippen LogP contribution in [0.3, 0.4) is 0 Å². The van der Waals surface area contributed by atoms with Gasteiger partial charge in [-0.3, -0.25) is 9.48 Å². The Labute approximate surface area is 120 Å². The summed E-state index contributed by atoms with van der Waals surface area (Å²) in [5.74, 6) is -0.831. The van der Waals surface area contributed by atoms with E-state index in [1.165, 1.54) is 23.0 Å². The molecule has 1 amide bonds. The van der Waals surface area contributed by atoms with E-state index in [9.17, 15) is 9.18 Å². The number of amides is 1. The van der Waals surface area contributed by atoms with Crippen LogP contribution < -0.4 is 11.1 Å². The maximum absolute atomic E-state index is 13.7. The van der Waals surface area contributed by atoms with Gasteiger partial charge in [0.25, 0.3) is 5.91 Å². The molecule has 5 nitrogen and oxygen atoms in total. The summed E-state index contributed by atoms with van der Waals surface area (Å²) in [7, 11) is 1.63. The van der Waals surface area contributed by atoms with Crippen LogP contribution >= 0.6 is 12.2 Å². The first-order valence-electron chi connectivity index (χ1n) is 5.79. The number of nitrogens with two attached hydrogens (primary N) is 1. The Morgan fingerprint density at radius 3 is 2.80 bits per heavy atom. The smallest absolute Gasteiger partial charge is 0.259 e. The minimum Gasteiger partial charge on any atom is -0.389 e. The van der Waals surface area contributed by atoms with Crippen LogP contribution in [-0.4, -0.2) is 20.7 Å². The van der Waals surface area contributed by atoms with Crippen LogP contribution in [0.1, 0.15) is 21.5 Å². The van der Waals surface area contributed by atoms with E-state index in [1.54, 1.807) is 20.0 Å². The third-order valence-corrected chi connectivity index (χ3v) is 3.02. The van der Waals surface area contributed by atoms with Crippen molar-refractivity contribution in [2.75, 3.05) is 5.32 Å². The van der Waals surface area contributed by atoms with E-state index in [0.29, 0.717) is 11.4 Å². The van der Waals surface area contributed by atoms with Crippen LogP contribution in [0.2, 0.25) is 0 Å². The number of nitrogens with zero attached hydrogens (tertiary/aromatic N) is 2. The van der Waals surface area contributed by atoms with Crippen molar-refractivity contribution < 1.29 is 9.18 Å². The van der Waals surface area contributed by atoms with Crippen molar-refractivity contribution in [2.45, 2.75) is 6.92 Å². The van der Waals surface area contributed by atoms with Gasteiger partial charge in [0, 0.05) is 7.05 Å². The molecule has 0 saturated heterocycles. The monoisotopic (exact) mass is 292 g/mol. The zero-order valence-corrected chi connectivity index (χ0v) is 11.8. The topological polar surface area (TPSA) is 72.9 Å². The lowest BCUT2D eigenvalue weighted by atomic mass is 10.1. The van der Waals surface area contributed by atoms with E-state index in [1.807, 2.05) is 0 Å². The average molecular weight is 292 g/mol. The number of hydrogen-bond donors (Lipinski definition) is 2. The summed E-state index contributed by atoms with van der Waals surface area (Å²) in [4.78, 5) is 12.2. The van der Waals surface area contributed by atoms with Gasteiger partial charge in [-0.2, -0.15) is 5.10 Å². The number of carbonyl (C=O) groups excluding carboxylic acids is 1. The highest BCUT2D eigenvalue weighted by Crippen LogP contribution is 2.17. The predicted molar refractivity (Wildman–Crippen MR) is 78.2 cm³/mol. The van der Waals surface area contributed by atoms with Crippen molar-refractivity contribution >= 4 is 28.9 Å². The summed E-state index contributed by atoms with van der Waals surface area (Å²) >= 11 is 4.88. The molecule has 1 heterocycles. The fraction of sp³-hybridized carbons (Fsp3) is 0.154. The highest BCUT2D eigenvalue weighted by Gasteiger charge is 2.17. The minimum absolute atomic E-state index is 0.0416. The number of aryl methyl sites for hydroxylation is 2. The highest BCUT2D eigenvalue weighted by atomic mass is 32.1. The molecule has 0 aliphatic heterocycles. The van der Waals surface area contributed by atoms with Crippen LogP contribution in [0.25, 0.3) is 0 Å². The van der Waals surface area contributed by atoms with E-state index in [2.05, 4.69) is 10.4 Å². The van der Waals surface area contributed by atoms with Gasteiger partial charge >= 0.3 is 0 Å². The van der Waals surface area contributed by atoms with Crippen LogP contribution in [0, 0.1) is 12.7 Å². The number of halogens is 1. The predicted octanol–water partition coefficient (Wildman–Crippen LogP) is 1.75. The van der Waals surface area contributed by atoms with E-state index in [0.717, 1.165) is 5.56 Å². The minimum atomic E-state index is -0.591. The van der Waals surface area contributed by atoms with Crippen LogP contribution in [0.5, 0.6) is 0 Å². The SMILES string of the molecule is Cc1ccc(F)c(C(=O)Nc2c(C(N)=S)cnn2C)c1. The summed E-state index contributed by atoms with van der Waals surface area (Å²) in [6, 6.07) is 4.32. The summed E-state index contributed by atoms with van der Waals surface area (Å²) in [6.45, 7) is 1.78. The lowest BCUT2D eigenvalue weighted by Gasteiger charge is -2.09. The lowest BCUT2D eigenvalue weighted by Crippen LogP contribution is -2.19. The first kappa shape index (κ1) is 14.1. The van der Waals surface area contributed by atoms with Crippen molar-refractivity contribution in [3.63, 3.8) is 0 Å². The van der Waals surface area contributed by atoms with Crippen molar-refractivity contribution in [3.8, 4) is 0 Å². The van der Waals surface area contributed by atoms with E-state index in [-0.39, 0.29) is 10.6 Å². The lowest BCUT2D eigenvalue weighted by molar-refractivity contribution is 0.102. The fourth-order valence-electron chi connectivity index (χ4n) is 1.75. The van der Waals surface area contributed by atoms with Gasteiger partial charge in [-0.15, -0.1) is 0 Å². The second-order valence-electron chi connectivity index (χ2n) is 4.33. The van der Waals surface area contributed by atoms with Crippen molar-refractivity contribution in [2.24, 2.45) is 12.8 Å². The van der Waals surface area contributed by atoms with Gasteiger partial charge in [-0.25, -0.2) is 4.39 Å². The second-order valence-corrected chi connectivity index (χ2v) is 4.77. The Morgan fingerprint density at radius 2 is 2.15 bits per heavy atom. The van der Waals surface area contributed by atoms with Gasteiger partial charge in [0.1, 0.15) is 16.6 Å². The average Bonchev–Trinajstić information content (AvgIpc) is 2.74. The molecule has 0 unspecified atom stereocenters. The van der Waals surface area contributed by atoms with E-state index >= 15 is 0 Å². The second kappa shape index (κ2) is 5.38. The number of aromatic nitrogens is 2. The van der Waals surface area contributed by atoms with Crippen LogP contribution in [0.4, 0.5) is 10.2 Å². The maximum atomic E-state index is 13.7. The Bertz CT molecular complexity index is 696. The highest BCUT2D eigenvalue weighted by molar-refractivity contribution is 7.80. The molecule has 2 aromatic rings. The Balaban J connectivity index is 2.35. The third kappa shape index (κ3) is 2.67. The Kier molecular flexibility index (Phi) is 3.80. The number of rotatable bonds is 3. The molecular weight excluding hydrogens is 279 g/mol. The summed E-state index contributed by atoms with van der Waals surface area (Å²) in [6.07, 6.45) is 1.45. The molecule has 2 rings (SSSR count). The van der Waals surface area contributed by atoms with E-state index < -0.39 is 11.7 Å². The van der Waals surface area contributed by atoms with Gasteiger partial charge in [0.05, 0.1) is 17.3 Å². The van der Waals surface area contributed by atoms with Crippen molar-refractivity contribution in [1.29, 1.82) is 0 Å². The number of nitrogens with one attached hydrogen (secondary N) is 1. The molecule has 1 aromatic heterocycles. The fourth-order valence-corrected chi connectivity index (χ4v) is 1.90. The number of anilines is 1. The summed E-state index contributed by atoms with van der Waals surface area (Å²) in [5.41, 5.74) is 6.73. The Morgan fingerprint density at radius 1 is 1.45 bits per heavy atom. The zero-order chi connectivity index (χ0) is 14.9. The molecule has 0 aliphatic rings. The number of thiocarbonyl (C=S) groups is 1. The summed E-state index contributed by atoms with van der Waals surface area (Å²) in [5, 5.41) is 6.54. The first-order chi connectivity index (χ1) is 9.40. The van der Waals surface area contributed by atoms with Crippen molar-refractivity contribution in [3.05, 3.63) is 46.9 Å². The molecule has 0 aliphatic carbocycles. The third-order valence-electron chi connectivity index (χ3n) is 2.80. The molecule has 0 fully saturated rings. The largest absolute Gasteiger partial charge is 0.389 e. The molecular formula is C13H13FN4OS. The van der Waals surface area contributed by atoms with Gasteiger partial charge in [-0.1, -0.05) is 23.8 Å². The molecule has 0 saturated carbocycles. The quantitative estimate of drug-likeness (QED) is 0.845. The standard InChI is InChI=1S/C13H13FN4OS/c1-7-3-4-10(14)8(5-7)13(19)17-12-9(11(15)20)6-16-18(12)2/h3-6H,1-2H3,(H2,15,20)(H,17,19). The van der Waals surface area contributed by atoms with Gasteiger partial charge in [-0.05, 0) is 19.1 Å². The maximum Gasteiger partial charge on any atom is 0.259 e. The molecule has 0 radical (unpaired) electrons.